The molecular formula is C24H16ClN5O4. The van der Waals surface area contributed by atoms with Gasteiger partial charge in [-0.05, 0) is 55.0 Å². The zero-order valence-electron chi connectivity index (χ0n) is 17.7. The summed E-state index contributed by atoms with van der Waals surface area (Å²) in [5, 5.41) is 23.3. The number of rotatable bonds is 5. The Morgan fingerprint density at radius 1 is 1.03 bits per heavy atom. The highest BCUT2D eigenvalue weighted by molar-refractivity contribution is 6.31. The monoisotopic (exact) mass is 473 g/mol. The van der Waals surface area contributed by atoms with Crippen molar-refractivity contribution in [2.45, 2.75) is 6.92 Å². The van der Waals surface area contributed by atoms with Gasteiger partial charge in [-0.1, -0.05) is 29.8 Å². The first-order chi connectivity index (χ1) is 16.4. The van der Waals surface area contributed by atoms with Crippen LogP contribution in [0.15, 0.2) is 77.2 Å². The number of furan rings is 1. The van der Waals surface area contributed by atoms with Gasteiger partial charge in [0, 0.05) is 28.4 Å². The first-order valence-corrected chi connectivity index (χ1v) is 10.5. The van der Waals surface area contributed by atoms with E-state index in [1.54, 1.807) is 42.5 Å². The second-order valence-electron chi connectivity index (χ2n) is 7.55. The molecule has 5 rings (SSSR count). The second-order valence-corrected chi connectivity index (χ2v) is 7.96. The van der Waals surface area contributed by atoms with Crippen LogP contribution in [-0.4, -0.2) is 25.8 Å². The third-order valence-electron chi connectivity index (χ3n) is 5.20. The minimum absolute atomic E-state index is 0.0610. The standard InChI is InChI=1S/C24H16ClN5O4/c1-14-5-7-17(13-19(14)25)29-27-20-8-6-16(12-21(20)28-29)26-24(31)23-10-9-22(34-23)15-3-2-4-18(11-15)30(32)33/h2-13H,1H3,(H,26,31). The first kappa shape index (κ1) is 21.4. The Morgan fingerprint density at radius 3 is 2.65 bits per heavy atom. The smallest absolute Gasteiger partial charge is 0.291 e. The molecule has 0 radical (unpaired) electrons. The molecule has 2 aromatic heterocycles. The van der Waals surface area contributed by atoms with Crippen LogP contribution >= 0.6 is 11.6 Å². The number of hydrogen-bond acceptors (Lipinski definition) is 6. The Bertz CT molecular complexity index is 1570. The van der Waals surface area contributed by atoms with Crippen molar-refractivity contribution in [2.24, 2.45) is 0 Å². The van der Waals surface area contributed by atoms with Crippen molar-refractivity contribution in [3.63, 3.8) is 0 Å². The fourth-order valence-corrected chi connectivity index (χ4v) is 3.57. The maximum absolute atomic E-state index is 12.7. The van der Waals surface area contributed by atoms with Gasteiger partial charge in [-0.2, -0.15) is 4.80 Å². The average Bonchev–Trinajstić information content (AvgIpc) is 3.48. The summed E-state index contributed by atoms with van der Waals surface area (Å²) in [4.78, 5) is 24.7. The van der Waals surface area contributed by atoms with E-state index in [0.29, 0.717) is 33.1 Å². The highest BCUT2D eigenvalue weighted by Crippen LogP contribution is 2.27. The number of nitrogens with one attached hydrogen (secondary N) is 1. The average molecular weight is 474 g/mol. The zero-order chi connectivity index (χ0) is 23.8. The van der Waals surface area contributed by atoms with E-state index in [2.05, 4.69) is 15.5 Å². The third-order valence-corrected chi connectivity index (χ3v) is 5.60. The number of amides is 1. The number of aryl methyl sites for hydroxylation is 1. The zero-order valence-corrected chi connectivity index (χ0v) is 18.5. The first-order valence-electron chi connectivity index (χ1n) is 10.2. The summed E-state index contributed by atoms with van der Waals surface area (Å²) in [6.07, 6.45) is 0. The van der Waals surface area contributed by atoms with E-state index in [9.17, 15) is 14.9 Å². The van der Waals surface area contributed by atoms with Gasteiger partial charge >= 0.3 is 0 Å². The number of benzene rings is 3. The Morgan fingerprint density at radius 2 is 1.85 bits per heavy atom. The van der Waals surface area contributed by atoms with Crippen molar-refractivity contribution < 1.29 is 14.1 Å². The predicted molar refractivity (Wildman–Crippen MR) is 127 cm³/mol. The van der Waals surface area contributed by atoms with Gasteiger partial charge < -0.3 is 9.73 Å². The molecule has 0 bridgehead atoms. The van der Waals surface area contributed by atoms with Crippen LogP contribution in [0.1, 0.15) is 16.1 Å². The summed E-state index contributed by atoms with van der Waals surface area (Å²) < 4.78 is 5.63. The lowest BCUT2D eigenvalue weighted by Gasteiger charge is -2.03. The van der Waals surface area contributed by atoms with Gasteiger partial charge in [-0.3, -0.25) is 14.9 Å². The van der Waals surface area contributed by atoms with E-state index in [0.717, 1.165) is 11.3 Å². The molecule has 0 aliphatic rings. The SMILES string of the molecule is Cc1ccc(-n2nc3ccc(NC(=O)c4ccc(-c5cccc([N+](=O)[O-])c5)o4)cc3n2)cc1Cl. The number of halogens is 1. The fourth-order valence-electron chi connectivity index (χ4n) is 3.39. The molecule has 3 aromatic carbocycles. The number of fused-ring (bicyclic) bond motifs is 1. The highest BCUT2D eigenvalue weighted by atomic mass is 35.5. The van der Waals surface area contributed by atoms with Crippen LogP contribution in [0.4, 0.5) is 11.4 Å². The van der Waals surface area contributed by atoms with Gasteiger partial charge in [-0.15, -0.1) is 10.2 Å². The molecule has 0 unspecified atom stereocenters. The van der Waals surface area contributed by atoms with E-state index >= 15 is 0 Å². The largest absolute Gasteiger partial charge is 0.451 e. The van der Waals surface area contributed by atoms with Crippen LogP contribution < -0.4 is 5.32 Å². The summed E-state index contributed by atoms with van der Waals surface area (Å²) in [5.74, 6) is -0.0442. The topological polar surface area (TPSA) is 116 Å². The molecule has 0 saturated heterocycles. The molecule has 0 spiro atoms. The number of nitro groups is 1. The summed E-state index contributed by atoms with van der Waals surface area (Å²) in [7, 11) is 0. The maximum Gasteiger partial charge on any atom is 0.291 e. The van der Waals surface area contributed by atoms with Gasteiger partial charge in [0.2, 0.25) is 0 Å². The van der Waals surface area contributed by atoms with Crippen molar-refractivity contribution in [1.29, 1.82) is 0 Å². The Balaban J connectivity index is 1.36. The minimum Gasteiger partial charge on any atom is -0.451 e. The fraction of sp³-hybridized carbons (Fsp3) is 0.0417. The number of aromatic nitrogens is 3. The second kappa shape index (κ2) is 8.45. The minimum atomic E-state index is -0.486. The Hall–Kier alpha value is -4.50. The molecule has 0 fully saturated rings. The lowest BCUT2D eigenvalue weighted by Crippen LogP contribution is -2.10. The number of carbonyl (C=O) groups excluding carboxylic acids is 1. The molecule has 9 nitrogen and oxygen atoms in total. The molecule has 34 heavy (non-hydrogen) atoms. The summed E-state index contributed by atoms with van der Waals surface area (Å²) in [6, 6.07) is 19.8. The van der Waals surface area contributed by atoms with Crippen LogP contribution in [0, 0.1) is 17.0 Å². The normalized spacial score (nSPS) is 11.0. The molecule has 5 aromatic rings. The molecule has 168 valence electrons. The quantitative estimate of drug-likeness (QED) is 0.254. The molecule has 1 N–H and O–H groups in total. The van der Waals surface area contributed by atoms with Crippen molar-refractivity contribution in [3.8, 4) is 17.0 Å². The van der Waals surface area contributed by atoms with Crippen LogP contribution in [0.2, 0.25) is 5.02 Å². The maximum atomic E-state index is 12.7. The molecule has 0 atom stereocenters. The molecule has 0 aliphatic heterocycles. The lowest BCUT2D eigenvalue weighted by atomic mass is 10.1. The Kier molecular flexibility index (Phi) is 5.31. The van der Waals surface area contributed by atoms with E-state index < -0.39 is 10.8 Å². The van der Waals surface area contributed by atoms with Crippen molar-refractivity contribution in [1.82, 2.24) is 15.0 Å². The van der Waals surface area contributed by atoms with Crippen LogP contribution in [0.3, 0.4) is 0 Å². The molecule has 0 saturated carbocycles. The van der Waals surface area contributed by atoms with Gasteiger partial charge in [-0.25, -0.2) is 0 Å². The van der Waals surface area contributed by atoms with E-state index in [1.807, 2.05) is 19.1 Å². The molecule has 0 aliphatic carbocycles. The number of anilines is 1. The molecule has 2 heterocycles. The number of non-ortho nitro benzene ring substituents is 1. The van der Waals surface area contributed by atoms with E-state index in [4.69, 9.17) is 16.0 Å². The van der Waals surface area contributed by atoms with Gasteiger partial charge in [0.1, 0.15) is 16.8 Å². The van der Waals surface area contributed by atoms with Crippen molar-refractivity contribution in [3.05, 3.63) is 99.3 Å². The highest BCUT2D eigenvalue weighted by Gasteiger charge is 2.15. The number of nitrogens with zero attached hydrogens (tertiary/aromatic N) is 4. The molecule has 1 amide bonds. The lowest BCUT2D eigenvalue weighted by molar-refractivity contribution is -0.384. The van der Waals surface area contributed by atoms with E-state index in [1.165, 1.54) is 23.0 Å². The summed E-state index contributed by atoms with van der Waals surface area (Å²) in [5.41, 5.74) is 3.88. The number of carbonyl (C=O) groups is 1. The summed E-state index contributed by atoms with van der Waals surface area (Å²) >= 11 is 6.21. The Labute approximate surface area is 197 Å². The summed E-state index contributed by atoms with van der Waals surface area (Å²) in [6.45, 7) is 1.92. The van der Waals surface area contributed by atoms with Crippen molar-refractivity contribution >= 4 is 39.9 Å². The third kappa shape index (κ3) is 4.12. The number of hydrogen-bond donors (Lipinski definition) is 1. The van der Waals surface area contributed by atoms with Gasteiger partial charge in [0.25, 0.3) is 11.6 Å². The van der Waals surface area contributed by atoms with Crippen LogP contribution in [0.5, 0.6) is 0 Å². The predicted octanol–water partition coefficient (Wildman–Crippen LogP) is 5.80. The van der Waals surface area contributed by atoms with Crippen LogP contribution in [-0.2, 0) is 0 Å². The van der Waals surface area contributed by atoms with Crippen LogP contribution in [0.25, 0.3) is 28.0 Å². The molecular weight excluding hydrogens is 458 g/mol. The van der Waals surface area contributed by atoms with E-state index in [-0.39, 0.29) is 11.4 Å². The van der Waals surface area contributed by atoms with Gasteiger partial charge in [0.15, 0.2) is 5.76 Å². The number of nitro benzene ring substituents is 1. The van der Waals surface area contributed by atoms with Gasteiger partial charge in [0.05, 0.1) is 10.6 Å². The van der Waals surface area contributed by atoms with Crippen molar-refractivity contribution in [2.75, 3.05) is 5.32 Å². The molecule has 10 heteroatoms.